The van der Waals surface area contributed by atoms with E-state index in [2.05, 4.69) is 5.32 Å². The summed E-state index contributed by atoms with van der Waals surface area (Å²) in [5.74, 6) is -0.549. The number of carbonyl (C=O) groups excluding carboxylic acids is 4. The van der Waals surface area contributed by atoms with Gasteiger partial charge in [0, 0.05) is 18.3 Å². The predicted molar refractivity (Wildman–Crippen MR) is 161 cm³/mol. The molecule has 11 heteroatoms. The largest absolute Gasteiger partial charge is 0.454 e. The Kier molecular flexibility index (Phi) is 7.05. The third-order valence-corrected chi connectivity index (χ3v) is 8.01. The van der Waals surface area contributed by atoms with Gasteiger partial charge in [0.15, 0.2) is 23.0 Å². The molecule has 1 atom stereocenters. The second-order valence-corrected chi connectivity index (χ2v) is 10.8. The molecular weight excluding hydrogens is 578 g/mol. The van der Waals surface area contributed by atoms with Crippen LogP contribution in [0.2, 0.25) is 0 Å². The summed E-state index contributed by atoms with van der Waals surface area (Å²) < 4.78 is 22.0. The van der Waals surface area contributed by atoms with Crippen molar-refractivity contribution >= 4 is 34.9 Å². The first-order valence-electron chi connectivity index (χ1n) is 14.3. The number of benzene rings is 4. The summed E-state index contributed by atoms with van der Waals surface area (Å²) in [6.07, 6.45) is 0. The van der Waals surface area contributed by atoms with Crippen LogP contribution in [0.25, 0.3) is 0 Å². The van der Waals surface area contributed by atoms with Gasteiger partial charge in [0.2, 0.25) is 19.5 Å². The molecule has 3 heterocycles. The zero-order chi connectivity index (χ0) is 31.1. The van der Waals surface area contributed by atoms with Crippen LogP contribution < -0.4 is 29.2 Å². The summed E-state index contributed by atoms with van der Waals surface area (Å²) in [4.78, 5) is 57.0. The van der Waals surface area contributed by atoms with Gasteiger partial charge in [-0.25, -0.2) is 0 Å². The summed E-state index contributed by atoms with van der Waals surface area (Å²) in [7, 11) is 0. The minimum absolute atomic E-state index is 0.0310. The molecule has 0 saturated carbocycles. The van der Waals surface area contributed by atoms with E-state index in [1.165, 1.54) is 4.90 Å². The fourth-order valence-corrected chi connectivity index (χ4v) is 5.67. The van der Waals surface area contributed by atoms with Crippen molar-refractivity contribution in [2.45, 2.75) is 19.5 Å². The van der Waals surface area contributed by atoms with Crippen LogP contribution in [-0.4, -0.2) is 48.5 Å². The Morgan fingerprint density at radius 2 is 1.49 bits per heavy atom. The molecule has 0 radical (unpaired) electrons. The van der Waals surface area contributed by atoms with E-state index >= 15 is 0 Å². The van der Waals surface area contributed by atoms with Gasteiger partial charge in [-0.1, -0.05) is 42.5 Å². The Labute approximate surface area is 257 Å². The molecule has 226 valence electrons. The molecule has 0 fully saturated rings. The number of ketones is 1. The highest BCUT2D eigenvalue weighted by atomic mass is 16.7. The van der Waals surface area contributed by atoms with Gasteiger partial charge in [-0.15, -0.1) is 0 Å². The number of hydrogen-bond acceptors (Lipinski definition) is 8. The van der Waals surface area contributed by atoms with Crippen LogP contribution in [0, 0.1) is 6.92 Å². The molecule has 45 heavy (non-hydrogen) atoms. The standard InChI is InChI=1S/C34H27N3O8/c1-20-6-2-3-7-22(20)16-37(30(38)17-36-25-9-5-4-8-24(25)32(39)34(36)41)31(21-10-12-26-28(14-21)44-18-42-26)33(40)35-23-11-13-27-29(15-23)45-19-43-27/h2-15,31H,16-19H2,1H3,(H,35,40). The fourth-order valence-electron chi connectivity index (χ4n) is 5.67. The Morgan fingerprint density at radius 3 is 2.27 bits per heavy atom. The Bertz CT molecular complexity index is 1870. The van der Waals surface area contributed by atoms with Crippen molar-refractivity contribution in [3.63, 3.8) is 0 Å². The van der Waals surface area contributed by atoms with Crippen molar-refractivity contribution < 1.29 is 38.1 Å². The summed E-state index contributed by atoms with van der Waals surface area (Å²) in [6, 6.07) is 23.0. The molecule has 0 bridgehead atoms. The van der Waals surface area contributed by atoms with Crippen molar-refractivity contribution in [2.75, 3.05) is 30.3 Å². The van der Waals surface area contributed by atoms with E-state index in [0.29, 0.717) is 39.9 Å². The molecule has 4 aromatic rings. The fraction of sp³-hybridized carbons (Fsp3) is 0.176. The number of Topliss-reactive ketones (excluding diaryl/α,β-unsaturated/α-hetero) is 1. The lowest BCUT2D eigenvalue weighted by molar-refractivity contribution is -0.139. The zero-order valence-electron chi connectivity index (χ0n) is 24.1. The highest BCUT2D eigenvalue weighted by Crippen LogP contribution is 2.38. The molecule has 3 aliphatic heterocycles. The maximum Gasteiger partial charge on any atom is 0.299 e. The van der Waals surface area contributed by atoms with Crippen molar-refractivity contribution in [2.24, 2.45) is 0 Å². The van der Waals surface area contributed by atoms with E-state index in [-0.39, 0.29) is 25.7 Å². The van der Waals surface area contributed by atoms with Crippen molar-refractivity contribution in [3.05, 3.63) is 107 Å². The van der Waals surface area contributed by atoms with Crippen molar-refractivity contribution in [1.82, 2.24) is 4.90 Å². The lowest BCUT2D eigenvalue weighted by atomic mass is 10.0. The van der Waals surface area contributed by atoms with Crippen LogP contribution in [0.1, 0.15) is 33.1 Å². The molecule has 0 aliphatic carbocycles. The molecule has 0 spiro atoms. The monoisotopic (exact) mass is 605 g/mol. The number of hydrogen-bond donors (Lipinski definition) is 1. The Hall–Kier alpha value is -5.84. The quantitative estimate of drug-likeness (QED) is 0.294. The maximum atomic E-state index is 14.4. The second kappa shape index (κ2) is 11.3. The van der Waals surface area contributed by atoms with Gasteiger partial charge in [-0.2, -0.15) is 0 Å². The first-order chi connectivity index (χ1) is 21.9. The molecule has 3 aliphatic rings. The van der Waals surface area contributed by atoms with Crippen LogP contribution >= 0.6 is 0 Å². The lowest BCUT2D eigenvalue weighted by Crippen LogP contribution is -2.46. The molecule has 3 amide bonds. The molecule has 0 saturated heterocycles. The zero-order valence-corrected chi connectivity index (χ0v) is 24.1. The first-order valence-corrected chi connectivity index (χ1v) is 14.3. The van der Waals surface area contributed by atoms with E-state index in [4.69, 9.17) is 18.9 Å². The maximum absolute atomic E-state index is 14.4. The van der Waals surface area contributed by atoms with Gasteiger partial charge < -0.3 is 29.2 Å². The van der Waals surface area contributed by atoms with E-state index in [1.54, 1.807) is 60.7 Å². The van der Waals surface area contributed by atoms with Gasteiger partial charge in [0.25, 0.3) is 17.6 Å². The number of fused-ring (bicyclic) bond motifs is 3. The van der Waals surface area contributed by atoms with Gasteiger partial charge in [0.1, 0.15) is 12.6 Å². The van der Waals surface area contributed by atoms with Gasteiger partial charge >= 0.3 is 0 Å². The lowest BCUT2D eigenvalue weighted by Gasteiger charge is -2.33. The third kappa shape index (κ3) is 5.18. The molecule has 1 N–H and O–H groups in total. The number of nitrogens with one attached hydrogen (secondary N) is 1. The minimum Gasteiger partial charge on any atom is -0.454 e. The topological polar surface area (TPSA) is 124 Å². The van der Waals surface area contributed by atoms with Crippen LogP contribution in [-0.2, 0) is 20.9 Å². The third-order valence-electron chi connectivity index (χ3n) is 8.01. The average Bonchev–Trinajstić information content (AvgIpc) is 3.77. The molecule has 1 unspecified atom stereocenters. The predicted octanol–water partition coefficient (Wildman–Crippen LogP) is 4.39. The summed E-state index contributed by atoms with van der Waals surface area (Å²) >= 11 is 0. The van der Waals surface area contributed by atoms with Crippen molar-refractivity contribution in [1.29, 1.82) is 0 Å². The number of anilines is 2. The number of ether oxygens (including phenoxy) is 4. The van der Waals surface area contributed by atoms with Gasteiger partial charge in [-0.3, -0.25) is 24.1 Å². The van der Waals surface area contributed by atoms with Crippen LogP contribution in [0.3, 0.4) is 0 Å². The SMILES string of the molecule is Cc1ccccc1CN(C(=O)CN1C(=O)C(=O)c2ccccc21)C(C(=O)Nc1ccc2c(c1)OCO2)c1ccc2c(c1)OCO2. The van der Waals surface area contributed by atoms with Crippen LogP contribution in [0.4, 0.5) is 11.4 Å². The number of nitrogens with zero attached hydrogens (tertiary/aromatic N) is 2. The number of amides is 3. The summed E-state index contributed by atoms with van der Waals surface area (Å²) in [6.45, 7) is 1.61. The first kappa shape index (κ1) is 28.0. The highest BCUT2D eigenvalue weighted by molar-refractivity contribution is 6.52. The number of para-hydroxylation sites is 1. The number of carbonyl (C=O) groups is 4. The molecule has 11 nitrogen and oxygen atoms in total. The average molecular weight is 606 g/mol. The summed E-state index contributed by atoms with van der Waals surface area (Å²) in [5, 5.41) is 2.92. The van der Waals surface area contributed by atoms with E-state index < -0.39 is 36.1 Å². The number of aryl methyl sites for hydroxylation is 1. The van der Waals surface area contributed by atoms with E-state index in [1.807, 2.05) is 31.2 Å². The van der Waals surface area contributed by atoms with E-state index in [9.17, 15) is 19.2 Å². The van der Waals surface area contributed by atoms with Gasteiger partial charge in [-0.05, 0) is 60.0 Å². The molecular formula is C34H27N3O8. The molecule has 4 aromatic carbocycles. The Balaban J connectivity index is 1.29. The number of rotatable bonds is 8. The highest BCUT2D eigenvalue weighted by Gasteiger charge is 2.40. The summed E-state index contributed by atoms with van der Waals surface area (Å²) in [5.41, 5.74) is 3.19. The van der Waals surface area contributed by atoms with Gasteiger partial charge in [0.05, 0.1) is 11.3 Å². The molecule has 0 aromatic heterocycles. The van der Waals surface area contributed by atoms with Crippen LogP contribution in [0.5, 0.6) is 23.0 Å². The van der Waals surface area contributed by atoms with E-state index in [0.717, 1.165) is 16.0 Å². The molecule has 7 rings (SSSR count). The van der Waals surface area contributed by atoms with Crippen LogP contribution in [0.15, 0.2) is 84.9 Å². The normalized spacial score (nSPS) is 14.7. The Morgan fingerprint density at radius 1 is 0.822 bits per heavy atom. The smallest absolute Gasteiger partial charge is 0.299 e. The minimum atomic E-state index is -1.18. The van der Waals surface area contributed by atoms with Crippen molar-refractivity contribution in [3.8, 4) is 23.0 Å². The second-order valence-electron chi connectivity index (χ2n) is 10.8.